The molecule has 3 heteroatoms. The van der Waals surface area contributed by atoms with E-state index in [4.69, 9.17) is 0 Å². The van der Waals surface area contributed by atoms with Gasteiger partial charge in [0.05, 0.1) is 5.92 Å². The molecule has 0 aromatic rings. The van der Waals surface area contributed by atoms with Gasteiger partial charge in [-0.05, 0) is 25.8 Å². The third-order valence-electron chi connectivity index (χ3n) is 2.70. The van der Waals surface area contributed by atoms with E-state index in [9.17, 15) is 4.79 Å². The molecule has 1 aliphatic rings. The second kappa shape index (κ2) is 5.81. The van der Waals surface area contributed by atoms with E-state index in [1.807, 2.05) is 13.0 Å². The summed E-state index contributed by atoms with van der Waals surface area (Å²) >= 11 is 0. The van der Waals surface area contributed by atoms with Crippen molar-refractivity contribution in [3.05, 3.63) is 12.2 Å². The van der Waals surface area contributed by atoms with Crippen LogP contribution in [-0.2, 0) is 4.79 Å². The first-order valence-corrected chi connectivity index (χ1v) is 5.35. The minimum absolute atomic E-state index is 0.167. The van der Waals surface area contributed by atoms with Crippen LogP contribution in [0.1, 0.15) is 20.3 Å². The smallest absolute Gasteiger partial charge is 0.224 e. The zero-order valence-corrected chi connectivity index (χ0v) is 9.05. The zero-order valence-electron chi connectivity index (χ0n) is 9.05. The summed E-state index contributed by atoms with van der Waals surface area (Å²) in [5, 5.41) is 6.19. The van der Waals surface area contributed by atoms with Crippen LogP contribution in [0.2, 0.25) is 0 Å². The Kier molecular flexibility index (Phi) is 4.66. The van der Waals surface area contributed by atoms with Crippen molar-refractivity contribution in [2.75, 3.05) is 19.6 Å². The van der Waals surface area contributed by atoms with E-state index in [-0.39, 0.29) is 11.8 Å². The van der Waals surface area contributed by atoms with Crippen LogP contribution < -0.4 is 10.6 Å². The maximum atomic E-state index is 11.6. The van der Waals surface area contributed by atoms with Crippen LogP contribution in [0.25, 0.3) is 0 Å². The fraction of sp³-hybridized carbons (Fsp3) is 0.727. The molecule has 0 radical (unpaired) electrons. The highest BCUT2D eigenvalue weighted by molar-refractivity contribution is 5.79. The fourth-order valence-electron chi connectivity index (χ4n) is 1.74. The summed E-state index contributed by atoms with van der Waals surface area (Å²) in [6.07, 6.45) is 5.00. The van der Waals surface area contributed by atoms with Gasteiger partial charge in [-0.1, -0.05) is 19.1 Å². The number of amides is 1. The highest BCUT2D eigenvalue weighted by Gasteiger charge is 2.28. The maximum absolute atomic E-state index is 11.6. The molecule has 0 aromatic heterocycles. The lowest BCUT2D eigenvalue weighted by Crippen LogP contribution is -2.34. The lowest BCUT2D eigenvalue weighted by Gasteiger charge is -2.13. The van der Waals surface area contributed by atoms with Crippen molar-refractivity contribution in [3.8, 4) is 0 Å². The summed E-state index contributed by atoms with van der Waals surface area (Å²) in [5.41, 5.74) is 0. The number of carbonyl (C=O) groups is 1. The van der Waals surface area contributed by atoms with Crippen molar-refractivity contribution in [1.29, 1.82) is 0 Å². The maximum Gasteiger partial charge on any atom is 0.224 e. The van der Waals surface area contributed by atoms with Crippen molar-refractivity contribution >= 4 is 5.91 Å². The van der Waals surface area contributed by atoms with Gasteiger partial charge in [0.1, 0.15) is 0 Å². The van der Waals surface area contributed by atoms with Crippen molar-refractivity contribution < 1.29 is 4.79 Å². The van der Waals surface area contributed by atoms with E-state index >= 15 is 0 Å². The van der Waals surface area contributed by atoms with E-state index in [2.05, 4.69) is 23.6 Å². The van der Waals surface area contributed by atoms with Gasteiger partial charge in [-0.2, -0.15) is 0 Å². The molecule has 2 unspecified atom stereocenters. The molecule has 1 amide bonds. The van der Waals surface area contributed by atoms with Gasteiger partial charge in [-0.15, -0.1) is 0 Å². The molecule has 0 bridgehead atoms. The predicted molar refractivity (Wildman–Crippen MR) is 58.0 cm³/mol. The van der Waals surface area contributed by atoms with E-state index in [0.717, 1.165) is 26.1 Å². The SMILES string of the molecule is C/C=C/CCNC(=O)C1CNCC1C. The van der Waals surface area contributed by atoms with Gasteiger partial charge in [0, 0.05) is 13.1 Å². The molecular formula is C11H20N2O. The molecule has 1 aliphatic heterocycles. The van der Waals surface area contributed by atoms with E-state index in [0.29, 0.717) is 5.92 Å². The van der Waals surface area contributed by atoms with Crippen LogP contribution in [0.4, 0.5) is 0 Å². The largest absolute Gasteiger partial charge is 0.356 e. The molecule has 1 rings (SSSR count). The number of nitrogens with one attached hydrogen (secondary N) is 2. The summed E-state index contributed by atoms with van der Waals surface area (Å²) in [6, 6.07) is 0. The molecule has 1 heterocycles. The van der Waals surface area contributed by atoms with Gasteiger partial charge in [0.25, 0.3) is 0 Å². The zero-order chi connectivity index (χ0) is 10.4. The van der Waals surface area contributed by atoms with Crippen LogP contribution in [0.3, 0.4) is 0 Å². The lowest BCUT2D eigenvalue weighted by atomic mass is 9.97. The summed E-state index contributed by atoms with van der Waals surface area (Å²) in [5.74, 6) is 0.837. The second-order valence-electron chi connectivity index (χ2n) is 3.89. The number of rotatable bonds is 4. The van der Waals surface area contributed by atoms with Gasteiger partial charge in [0.15, 0.2) is 0 Å². The summed E-state index contributed by atoms with van der Waals surface area (Å²) in [6.45, 7) is 6.66. The Morgan fingerprint density at radius 2 is 2.36 bits per heavy atom. The highest BCUT2D eigenvalue weighted by Crippen LogP contribution is 2.15. The number of hydrogen-bond donors (Lipinski definition) is 2. The van der Waals surface area contributed by atoms with Crippen molar-refractivity contribution in [2.45, 2.75) is 20.3 Å². The first-order chi connectivity index (χ1) is 6.75. The van der Waals surface area contributed by atoms with E-state index in [1.54, 1.807) is 0 Å². The van der Waals surface area contributed by atoms with Crippen molar-refractivity contribution in [2.24, 2.45) is 11.8 Å². The average Bonchev–Trinajstić information content (AvgIpc) is 2.59. The summed E-state index contributed by atoms with van der Waals surface area (Å²) < 4.78 is 0. The number of hydrogen-bond acceptors (Lipinski definition) is 2. The summed E-state index contributed by atoms with van der Waals surface area (Å²) in [4.78, 5) is 11.6. The Labute approximate surface area is 86.0 Å². The van der Waals surface area contributed by atoms with Crippen LogP contribution >= 0.6 is 0 Å². The Hall–Kier alpha value is -0.830. The fourth-order valence-corrected chi connectivity index (χ4v) is 1.74. The van der Waals surface area contributed by atoms with Crippen LogP contribution in [0, 0.1) is 11.8 Å². The predicted octanol–water partition coefficient (Wildman–Crippen LogP) is 0.924. The van der Waals surface area contributed by atoms with Gasteiger partial charge in [-0.25, -0.2) is 0 Å². The van der Waals surface area contributed by atoms with E-state index in [1.165, 1.54) is 0 Å². The van der Waals surface area contributed by atoms with Gasteiger partial charge < -0.3 is 10.6 Å². The molecule has 1 saturated heterocycles. The second-order valence-corrected chi connectivity index (χ2v) is 3.89. The van der Waals surface area contributed by atoms with Crippen LogP contribution in [0.15, 0.2) is 12.2 Å². The normalized spacial score (nSPS) is 27.0. The third-order valence-corrected chi connectivity index (χ3v) is 2.70. The number of carbonyl (C=O) groups excluding carboxylic acids is 1. The first-order valence-electron chi connectivity index (χ1n) is 5.35. The first kappa shape index (κ1) is 11.2. The molecule has 0 aliphatic carbocycles. The molecule has 2 atom stereocenters. The summed E-state index contributed by atoms with van der Waals surface area (Å²) in [7, 11) is 0. The Balaban J connectivity index is 2.20. The van der Waals surface area contributed by atoms with Gasteiger partial charge in [-0.3, -0.25) is 4.79 Å². The highest BCUT2D eigenvalue weighted by atomic mass is 16.1. The van der Waals surface area contributed by atoms with Crippen molar-refractivity contribution in [1.82, 2.24) is 10.6 Å². The molecular weight excluding hydrogens is 176 g/mol. The minimum atomic E-state index is 0.167. The van der Waals surface area contributed by atoms with Gasteiger partial charge in [0.2, 0.25) is 5.91 Å². The monoisotopic (exact) mass is 196 g/mol. The van der Waals surface area contributed by atoms with Gasteiger partial charge >= 0.3 is 0 Å². The molecule has 2 N–H and O–H groups in total. The standard InChI is InChI=1S/C11H20N2O/c1-3-4-5-6-13-11(14)10-8-12-7-9(10)2/h3-4,9-10,12H,5-8H2,1-2H3,(H,13,14)/b4-3+. The Morgan fingerprint density at radius 1 is 1.57 bits per heavy atom. The van der Waals surface area contributed by atoms with E-state index < -0.39 is 0 Å². The molecule has 0 spiro atoms. The third kappa shape index (κ3) is 3.14. The molecule has 80 valence electrons. The molecule has 1 fully saturated rings. The molecule has 0 aromatic carbocycles. The van der Waals surface area contributed by atoms with Crippen LogP contribution in [0.5, 0.6) is 0 Å². The average molecular weight is 196 g/mol. The lowest BCUT2D eigenvalue weighted by molar-refractivity contribution is -0.125. The molecule has 3 nitrogen and oxygen atoms in total. The van der Waals surface area contributed by atoms with Crippen LogP contribution in [-0.4, -0.2) is 25.5 Å². The topological polar surface area (TPSA) is 41.1 Å². The molecule has 14 heavy (non-hydrogen) atoms. The van der Waals surface area contributed by atoms with Crippen molar-refractivity contribution in [3.63, 3.8) is 0 Å². The Bertz CT molecular complexity index is 213. The molecule has 0 saturated carbocycles. The minimum Gasteiger partial charge on any atom is -0.356 e. The number of allylic oxidation sites excluding steroid dienone is 1. The quantitative estimate of drug-likeness (QED) is 0.518. The Morgan fingerprint density at radius 3 is 2.93 bits per heavy atom.